The zero-order valence-corrected chi connectivity index (χ0v) is 18.2. The van der Waals surface area contributed by atoms with Crippen molar-refractivity contribution in [3.8, 4) is 23.0 Å². The van der Waals surface area contributed by atoms with Crippen molar-refractivity contribution < 1.29 is 9.47 Å². The van der Waals surface area contributed by atoms with Crippen molar-refractivity contribution in [3.05, 3.63) is 72.3 Å². The zero-order valence-electron chi connectivity index (χ0n) is 18.2. The number of rotatable bonds is 5. The highest BCUT2D eigenvalue weighted by atomic mass is 16.5. The Hall–Kier alpha value is -3.14. The standard InChI is InChI=1S/C28H30N2O2/c29-21-1-5-23(6-2-21)31-25-9-10-27(32-24-7-3-22(30)4-8-24)26(16-25)28-19-12-17-11-18(14-19)15-20(28)13-17/h1-10,16-20,28H,11-15,29-30H2. The Labute approximate surface area is 189 Å². The SMILES string of the molecule is Nc1ccc(Oc2ccc(Oc3ccc(N)cc3)c(C3C4CC5CC(C4)CC3C5)c2)cc1. The number of ether oxygens (including phenoxy) is 2. The van der Waals surface area contributed by atoms with Gasteiger partial charge in [-0.25, -0.2) is 0 Å². The Morgan fingerprint density at radius 3 is 1.62 bits per heavy atom. The van der Waals surface area contributed by atoms with E-state index in [0.717, 1.165) is 58.0 Å². The second kappa shape index (κ2) is 7.77. The summed E-state index contributed by atoms with van der Waals surface area (Å²) in [5.74, 6) is 7.33. The lowest BCUT2D eigenvalue weighted by atomic mass is 9.50. The van der Waals surface area contributed by atoms with Crippen LogP contribution >= 0.6 is 0 Å². The molecule has 3 aromatic rings. The summed E-state index contributed by atoms with van der Waals surface area (Å²) in [7, 11) is 0. The van der Waals surface area contributed by atoms with E-state index < -0.39 is 0 Å². The number of anilines is 2. The van der Waals surface area contributed by atoms with E-state index in [0.29, 0.717) is 5.92 Å². The highest BCUT2D eigenvalue weighted by Crippen LogP contribution is 2.61. The van der Waals surface area contributed by atoms with Gasteiger partial charge in [-0.3, -0.25) is 0 Å². The quantitative estimate of drug-likeness (QED) is 0.432. The summed E-state index contributed by atoms with van der Waals surface area (Å²) >= 11 is 0. The van der Waals surface area contributed by atoms with Crippen LogP contribution in [-0.2, 0) is 0 Å². The van der Waals surface area contributed by atoms with Gasteiger partial charge in [0.25, 0.3) is 0 Å². The first kappa shape index (κ1) is 19.5. The summed E-state index contributed by atoms with van der Waals surface area (Å²) in [6, 6.07) is 21.5. The van der Waals surface area contributed by atoms with Crippen molar-refractivity contribution >= 4 is 11.4 Å². The first-order valence-corrected chi connectivity index (χ1v) is 11.8. The Bertz CT molecular complexity index is 1080. The molecule has 164 valence electrons. The lowest BCUT2D eigenvalue weighted by Gasteiger charge is -2.54. The molecule has 4 aliphatic carbocycles. The van der Waals surface area contributed by atoms with Gasteiger partial charge < -0.3 is 20.9 Å². The van der Waals surface area contributed by atoms with Gasteiger partial charge in [-0.2, -0.15) is 0 Å². The van der Waals surface area contributed by atoms with Crippen molar-refractivity contribution in [3.63, 3.8) is 0 Å². The number of benzene rings is 3. The topological polar surface area (TPSA) is 70.5 Å². The van der Waals surface area contributed by atoms with Crippen LogP contribution in [0.2, 0.25) is 0 Å². The minimum atomic E-state index is 0.543. The summed E-state index contributed by atoms with van der Waals surface area (Å²) in [5, 5.41) is 0. The molecular formula is C28H30N2O2. The van der Waals surface area contributed by atoms with Gasteiger partial charge in [0.15, 0.2) is 0 Å². The molecule has 3 aromatic carbocycles. The van der Waals surface area contributed by atoms with E-state index in [4.69, 9.17) is 20.9 Å². The number of hydrogen-bond donors (Lipinski definition) is 2. The fourth-order valence-electron chi connectivity index (χ4n) is 6.71. The summed E-state index contributed by atoms with van der Waals surface area (Å²) in [4.78, 5) is 0. The first-order valence-electron chi connectivity index (χ1n) is 11.8. The third-order valence-electron chi connectivity index (χ3n) is 7.79. The van der Waals surface area contributed by atoms with Crippen LogP contribution in [-0.4, -0.2) is 0 Å². The monoisotopic (exact) mass is 426 g/mol. The van der Waals surface area contributed by atoms with Gasteiger partial charge in [-0.05, 0) is 128 Å². The van der Waals surface area contributed by atoms with Crippen LogP contribution in [0.3, 0.4) is 0 Å². The Morgan fingerprint density at radius 1 is 0.562 bits per heavy atom. The van der Waals surface area contributed by atoms with E-state index >= 15 is 0 Å². The van der Waals surface area contributed by atoms with E-state index in [2.05, 4.69) is 12.1 Å². The normalized spacial score (nSPS) is 27.9. The molecular weight excluding hydrogens is 396 g/mol. The Morgan fingerprint density at radius 2 is 1.06 bits per heavy atom. The fraction of sp³-hybridized carbons (Fsp3) is 0.357. The molecule has 0 amide bonds. The van der Waals surface area contributed by atoms with Crippen LogP contribution in [0.4, 0.5) is 11.4 Å². The number of nitrogen functional groups attached to an aromatic ring is 2. The van der Waals surface area contributed by atoms with Gasteiger partial charge in [0, 0.05) is 16.9 Å². The molecule has 32 heavy (non-hydrogen) atoms. The largest absolute Gasteiger partial charge is 0.457 e. The van der Waals surface area contributed by atoms with Gasteiger partial charge in [-0.1, -0.05) is 0 Å². The molecule has 0 heterocycles. The molecule has 0 radical (unpaired) electrons. The fourth-order valence-corrected chi connectivity index (χ4v) is 6.71. The van der Waals surface area contributed by atoms with Crippen LogP contribution in [0.1, 0.15) is 43.6 Å². The highest BCUT2D eigenvalue weighted by molar-refractivity contribution is 5.49. The van der Waals surface area contributed by atoms with E-state index in [-0.39, 0.29) is 0 Å². The van der Waals surface area contributed by atoms with Crippen LogP contribution in [0.15, 0.2) is 66.7 Å². The molecule has 4 saturated carbocycles. The van der Waals surface area contributed by atoms with Crippen molar-refractivity contribution in [2.75, 3.05) is 11.5 Å². The molecule has 0 unspecified atom stereocenters. The van der Waals surface area contributed by atoms with E-state index in [9.17, 15) is 0 Å². The van der Waals surface area contributed by atoms with Crippen molar-refractivity contribution in [2.45, 2.75) is 38.0 Å². The van der Waals surface area contributed by atoms with Crippen LogP contribution in [0, 0.1) is 23.7 Å². The highest BCUT2D eigenvalue weighted by Gasteiger charge is 2.49. The predicted molar refractivity (Wildman–Crippen MR) is 128 cm³/mol. The predicted octanol–water partition coefficient (Wildman–Crippen LogP) is 6.98. The minimum Gasteiger partial charge on any atom is -0.457 e. The second-order valence-corrected chi connectivity index (χ2v) is 10.00. The van der Waals surface area contributed by atoms with Crippen molar-refractivity contribution in [1.82, 2.24) is 0 Å². The maximum atomic E-state index is 6.41. The zero-order chi connectivity index (χ0) is 21.7. The van der Waals surface area contributed by atoms with Crippen LogP contribution in [0.5, 0.6) is 23.0 Å². The van der Waals surface area contributed by atoms with E-state index in [1.54, 1.807) is 0 Å². The maximum Gasteiger partial charge on any atom is 0.131 e. The van der Waals surface area contributed by atoms with Crippen LogP contribution < -0.4 is 20.9 Å². The molecule has 0 aromatic heterocycles. The average Bonchev–Trinajstić information content (AvgIpc) is 2.78. The smallest absolute Gasteiger partial charge is 0.131 e. The first-order chi connectivity index (χ1) is 15.6. The molecule has 0 saturated heterocycles. The van der Waals surface area contributed by atoms with Gasteiger partial charge in [0.05, 0.1) is 0 Å². The number of hydrogen-bond acceptors (Lipinski definition) is 4. The molecule has 7 rings (SSSR count). The van der Waals surface area contributed by atoms with Gasteiger partial charge >= 0.3 is 0 Å². The van der Waals surface area contributed by atoms with Crippen molar-refractivity contribution in [2.24, 2.45) is 23.7 Å². The number of nitrogens with two attached hydrogens (primary N) is 2. The van der Waals surface area contributed by atoms with Gasteiger partial charge in [0.2, 0.25) is 0 Å². The van der Waals surface area contributed by atoms with E-state index in [1.807, 2.05) is 54.6 Å². The Kier molecular flexibility index (Phi) is 4.74. The summed E-state index contributed by atoms with van der Waals surface area (Å²) in [6.07, 6.45) is 6.91. The van der Waals surface area contributed by atoms with Crippen LogP contribution in [0.25, 0.3) is 0 Å². The third-order valence-corrected chi connectivity index (χ3v) is 7.79. The Balaban J connectivity index is 1.36. The summed E-state index contributed by atoms with van der Waals surface area (Å²) in [6.45, 7) is 0. The van der Waals surface area contributed by atoms with Gasteiger partial charge in [-0.15, -0.1) is 0 Å². The molecule has 4 aliphatic rings. The molecule has 0 atom stereocenters. The molecule has 4 N–H and O–H groups in total. The molecule has 0 aliphatic heterocycles. The molecule has 4 bridgehead atoms. The summed E-state index contributed by atoms with van der Waals surface area (Å²) < 4.78 is 12.6. The lowest BCUT2D eigenvalue weighted by molar-refractivity contribution is -0.00339. The summed E-state index contributed by atoms with van der Waals surface area (Å²) in [5.41, 5.74) is 14.5. The third kappa shape index (κ3) is 3.68. The van der Waals surface area contributed by atoms with Crippen molar-refractivity contribution in [1.29, 1.82) is 0 Å². The average molecular weight is 427 g/mol. The minimum absolute atomic E-state index is 0.543. The molecule has 4 nitrogen and oxygen atoms in total. The molecule has 4 fully saturated rings. The second-order valence-electron chi connectivity index (χ2n) is 10.00. The van der Waals surface area contributed by atoms with Gasteiger partial charge in [0.1, 0.15) is 23.0 Å². The molecule has 0 spiro atoms. The lowest BCUT2D eigenvalue weighted by Crippen LogP contribution is -2.43. The maximum absolute atomic E-state index is 6.41. The molecule has 4 heteroatoms. The van der Waals surface area contributed by atoms with E-state index in [1.165, 1.54) is 37.7 Å².